The molecule has 1 aliphatic rings. The SMILES string of the molecule is CCCc1ncc(-c2nc(C(F)(F)F)sc2N2CCN(C(=O)Cn3cnc4cccnc43)[C@H](C)C2)cn1. The minimum absolute atomic E-state index is 0.0866. The lowest BCUT2D eigenvalue weighted by Gasteiger charge is -2.40. The van der Waals surface area contributed by atoms with Crippen LogP contribution < -0.4 is 4.90 Å². The molecule has 1 aliphatic heterocycles. The summed E-state index contributed by atoms with van der Waals surface area (Å²) in [5, 5.41) is -0.510. The van der Waals surface area contributed by atoms with Crippen LogP contribution in [0.5, 0.6) is 0 Å². The molecule has 37 heavy (non-hydrogen) atoms. The van der Waals surface area contributed by atoms with Crippen LogP contribution in [-0.2, 0) is 23.9 Å². The van der Waals surface area contributed by atoms with Crippen LogP contribution in [-0.4, -0.2) is 66.0 Å². The van der Waals surface area contributed by atoms with Crippen molar-refractivity contribution in [3.63, 3.8) is 0 Å². The van der Waals surface area contributed by atoms with Gasteiger partial charge >= 0.3 is 6.18 Å². The molecule has 9 nitrogen and oxygen atoms in total. The summed E-state index contributed by atoms with van der Waals surface area (Å²) in [6, 6.07) is 3.39. The molecule has 5 rings (SSSR count). The van der Waals surface area contributed by atoms with Gasteiger partial charge in [0.15, 0.2) is 5.65 Å². The van der Waals surface area contributed by atoms with E-state index in [2.05, 4.69) is 24.9 Å². The van der Waals surface area contributed by atoms with Crippen LogP contribution in [0, 0.1) is 0 Å². The number of imidazole rings is 1. The highest BCUT2D eigenvalue weighted by atomic mass is 32.1. The highest BCUT2D eigenvalue weighted by Gasteiger charge is 2.38. The number of thiazole rings is 1. The van der Waals surface area contributed by atoms with Gasteiger partial charge in [-0.25, -0.2) is 24.9 Å². The van der Waals surface area contributed by atoms with E-state index < -0.39 is 11.2 Å². The first kappa shape index (κ1) is 25.1. The Bertz CT molecular complexity index is 1400. The zero-order chi connectivity index (χ0) is 26.2. The van der Waals surface area contributed by atoms with Gasteiger partial charge in [0.05, 0.1) is 6.33 Å². The number of fused-ring (bicyclic) bond motifs is 1. The van der Waals surface area contributed by atoms with Crippen molar-refractivity contribution >= 4 is 33.4 Å². The summed E-state index contributed by atoms with van der Waals surface area (Å²) >= 11 is 0.609. The second-order valence-corrected chi connectivity index (χ2v) is 9.89. The predicted octanol–water partition coefficient (Wildman–Crippen LogP) is 4.05. The molecule has 1 fully saturated rings. The molecular formula is C24H25F3N8OS. The summed E-state index contributed by atoms with van der Waals surface area (Å²) in [6.45, 7) is 5.10. The van der Waals surface area contributed by atoms with Gasteiger partial charge in [0.25, 0.3) is 0 Å². The lowest BCUT2D eigenvalue weighted by Crippen LogP contribution is -2.54. The first-order chi connectivity index (χ1) is 17.7. The van der Waals surface area contributed by atoms with E-state index in [1.54, 1.807) is 28.1 Å². The number of piperazine rings is 1. The van der Waals surface area contributed by atoms with Crippen molar-refractivity contribution in [3.8, 4) is 11.3 Å². The number of hydrogen-bond donors (Lipinski definition) is 0. The highest BCUT2D eigenvalue weighted by Crippen LogP contribution is 2.42. The summed E-state index contributed by atoms with van der Waals surface area (Å²) in [4.78, 5) is 37.9. The van der Waals surface area contributed by atoms with Gasteiger partial charge in [-0.15, -0.1) is 0 Å². The van der Waals surface area contributed by atoms with Crippen molar-refractivity contribution < 1.29 is 18.0 Å². The summed E-state index contributed by atoms with van der Waals surface area (Å²) in [6.07, 6.45) is 3.30. The second kappa shape index (κ2) is 10.0. The molecule has 1 atom stereocenters. The maximum Gasteiger partial charge on any atom is 0.443 e. The summed E-state index contributed by atoms with van der Waals surface area (Å²) in [5.74, 6) is 0.540. The maximum absolute atomic E-state index is 13.6. The molecule has 0 aromatic carbocycles. The smallest absolute Gasteiger partial charge is 0.358 e. The molecule has 13 heteroatoms. The molecule has 1 saturated heterocycles. The number of alkyl halides is 3. The van der Waals surface area contributed by atoms with Crippen LogP contribution in [0.2, 0.25) is 0 Å². The molecule has 4 aromatic rings. The monoisotopic (exact) mass is 530 g/mol. The number of pyridine rings is 1. The van der Waals surface area contributed by atoms with E-state index >= 15 is 0 Å². The molecule has 0 N–H and O–H groups in total. The summed E-state index contributed by atoms with van der Waals surface area (Å²) in [7, 11) is 0. The Morgan fingerprint density at radius 1 is 1.16 bits per heavy atom. The van der Waals surface area contributed by atoms with E-state index in [0.717, 1.165) is 6.42 Å². The Labute approximate surface area is 215 Å². The van der Waals surface area contributed by atoms with Crippen LogP contribution in [0.4, 0.5) is 18.2 Å². The molecule has 5 heterocycles. The summed E-state index contributed by atoms with van der Waals surface area (Å²) in [5.41, 5.74) is 1.98. The van der Waals surface area contributed by atoms with Crippen LogP contribution in [0.15, 0.2) is 37.1 Å². The standard InChI is InChI=1S/C24H25F3N8OS/c1-3-5-18-29-10-16(11-30-18)20-22(37-23(32-20)24(25,26)27)33-8-9-35(15(2)12-33)19(36)13-34-14-31-17-6-4-7-28-21(17)34/h4,6-7,10-11,14-15H,3,5,8-9,12-13H2,1-2H3/t15-/m1/s1. The Balaban J connectivity index is 1.35. The number of aryl methyl sites for hydroxylation is 1. The van der Waals surface area contributed by atoms with Gasteiger partial charge in [0.2, 0.25) is 10.9 Å². The van der Waals surface area contributed by atoms with Crippen LogP contribution in [0.3, 0.4) is 0 Å². The Kier molecular flexibility index (Phi) is 6.80. The van der Waals surface area contributed by atoms with Crippen LogP contribution in [0.25, 0.3) is 22.4 Å². The fourth-order valence-corrected chi connectivity index (χ4v) is 5.42. The first-order valence-corrected chi connectivity index (χ1v) is 12.8. The number of halogens is 3. The second-order valence-electron chi connectivity index (χ2n) is 8.91. The molecule has 194 valence electrons. The fraction of sp³-hybridized carbons (Fsp3) is 0.417. The number of anilines is 1. The molecule has 0 aliphatic carbocycles. The lowest BCUT2D eigenvalue weighted by molar-refractivity contribution is -0.137. The Morgan fingerprint density at radius 2 is 1.95 bits per heavy atom. The van der Waals surface area contributed by atoms with Crippen molar-refractivity contribution in [2.75, 3.05) is 24.5 Å². The molecule has 4 aromatic heterocycles. The predicted molar refractivity (Wildman–Crippen MR) is 133 cm³/mol. The van der Waals surface area contributed by atoms with Gasteiger partial charge < -0.3 is 14.4 Å². The molecule has 0 bridgehead atoms. The summed E-state index contributed by atoms with van der Waals surface area (Å²) < 4.78 is 42.5. The fourth-order valence-electron chi connectivity index (χ4n) is 4.43. The molecule has 0 unspecified atom stereocenters. The molecule has 0 spiro atoms. The number of aromatic nitrogens is 6. The van der Waals surface area contributed by atoms with Gasteiger partial charge in [0, 0.05) is 56.3 Å². The topological polar surface area (TPSA) is 92.9 Å². The van der Waals surface area contributed by atoms with Gasteiger partial charge in [-0.05, 0) is 25.5 Å². The molecule has 0 saturated carbocycles. The average molecular weight is 531 g/mol. The van der Waals surface area contributed by atoms with Crippen molar-refractivity contribution in [2.24, 2.45) is 0 Å². The molecule has 0 radical (unpaired) electrons. The zero-order valence-corrected chi connectivity index (χ0v) is 21.1. The average Bonchev–Trinajstić information content (AvgIpc) is 3.50. The number of carbonyl (C=O) groups is 1. The third-order valence-corrected chi connectivity index (χ3v) is 7.38. The van der Waals surface area contributed by atoms with Gasteiger partial charge in [-0.3, -0.25) is 4.79 Å². The van der Waals surface area contributed by atoms with Crippen molar-refractivity contribution in [1.82, 2.24) is 34.4 Å². The number of amides is 1. The van der Waals surface area contributed by atoms with Gasteiger partial charge in [-0.1, -0.05) is 18.3 Å². The van der Waals surface area contributed by atoms with Crippen molar-refractivity contribution in [1.29, 1.82) is 0 Å². The van der Waals surface area contributed by atoms with Crippen molar-refractivity contribution in [3.05, 3.63) is 47.9 Å². The van der Waals surface area contributed by atoms with Gasteiger partial charge in [0.1, 0.15) is 28.6 Å². The minimum Gasteiger partial charge on any atom is -0.358 e. The zero-order valence-electron chi connectivity index (χ0n) is 20.3. The van der Waals surface area contributed by atoms with Crippen LogP contribution in [0.1, 0.15) is 31.1 Å². The van der Waals surface area contributed by atoms with E-state index in [-0.39, 0.29) is 24.2 Å². The largest absolute Gasteiger partial charge is 0.443 e. The third kappa shape index (κ3) is 5.13. The van der Waals surface area contributed by atoms with E-state index in [0.29, 0.717) is 64.9 Å². The van der Waals surface area contributed by atoms with Gasteiger partial charge in [-0.2, -0.15) is 13.2 Å². The quantitative estimate of drug-likeness (QED) is 0.371. The Hall–Kier alpha value is -3.61. The number of carbonyl (C=O) groups excluding carboxylic acids is 1. The van der Waals surface area contributed by atoms with E-state index in [9.17, 15) is 18.0 Å². The highest BCUT2D eigenvalue weighted by molar-refractivity contribution is 7.16. The minimum atomic E-state index is -4.56. The van der Waals surface area contributed by atoms with E-state index in [1.807, 2.05) is 24.8 Å². The molecular weight excluding hydrogens is 505 g/mol. The maximum atomic E-state index is 13.6. The third-order valence-electron chi connectivity index (χ3n) is 6.22. The lowest BCUT2D eigenvalue weighted by atomic mass is 10.1. The number of hydrogen-bond acceptors (Lipinski definition) is 8. The van der Waals surface area contributed by atoms with Crippen LogP contribution >= 0.6 is 11.3 Å². The van der Waals surface area contributed by atoms with Crippen molar-refractivity contribution in [2.45, 2.75) is 45.5 Å². The normalized spacial score (nSPS) is 16.5. The van der Waals surface area contributed by atoms with E-state index in [4.69, 9.17) is 0 Å². The Morgan fingerprint density at radius 3 is 2.65 bits per heavy atom. The molecule has 1 amide bonds. The van der Waals surface area contributed by atoms with E-state index in [1.165, 1.54) is 12.4 Å². The number of rotatable bonds is 6. The number of nitrogens with zero attached hydrogens (tertiary/aromatic N) is 8. The first-order valence-electron chi connectivity index (χ1n) is 11.9.